The van der Waals surface area contributed by atoms with Gasteiger partial charge in [0.2, 0.25) is 0 Å². The third kappa shape index (κ3) is 2.89. The standard InChI is InChI=1S/C13H17NO2/c1-10-7-11(9-14-8-10)13(15)5-4-12-3-2-6-16-12/h7-9,12H,2-6H2,1H3. The molecule has 1 unspecified atom stereocenters. The Bertz CT molecular complexity index is 370. The Balaban J connectivity index is 1.87. The van der Waals surface area contributed by atoms with E-state index < -0.39 is 0 Å². The fourth-order valence-electron chi connectivity index (χ4n) is 2.02. The number of hydrogen-bond donors (Lipinski definition) is 0. The van der Waals surface area contributed by atoms with Crippen molar-refractivity contribution in [1.82, 2.24) is 4.98 Å². The lowest BCUT2D eigenvalue weighted by Gasteiger charge is -2.08. The van der Waals surface area contributed by atoms with Gasteiger partial charge in [-0.15, -0.1) is 0 Å². The smallest absolute Gasteiger partial charge is 0.164 e. The maximum absolute atomic E-state index is 11.9. The number of nitrogens with zero attached hydrogens (tertiary/aromatic N) is 1. The van der Waals surface area contributed by atoms with Crippen molar-refractivity contribution in [3.05, 3.63) is 29.6 Å². The van der Waals surface area contributed by atoms with Crippen molar-refractivity contribution < 1.29 is 9.53 Å². The fraction of sp³-hybridized carbons (Fsp3) is 0.538. The molecule has 16 heavy (non-hydrogen) atoms. The first-order valence-corrected chi connectivity index (χ1v) is 5.82. The summed E-state index contributed by atoms with van der Waals surface area (Å²) in [6, 6.07) is 1.89. The first-order valence-electron chi connectivity index (χ1n) is 5.82. The van der Waals surface area contributed by atoms with Crippen LogP contribution >= 0.6 is 0 Å². The Morgan fingerprint density at radius 1 is 1.56 bits per heavy atom. The summed E-state index contributed by atoms with van der Waals surface area (Å²) >= 11 is 0. The van der Waals surface area contributed by atoms with Gasteiger partial charge in [-0.05, 0) is 37.8 Å². The van der Waals surface area contributed by atoms with Crippen LogP contribution in [0.3, 0.4) is 0 Å². The van der Waals surface area contributed by atoms with Crippen molar-refractivity contribution in [1.29, 1.82) is 0 Å². The summed E-state index contributed by atoms with van der Waals surface area (Å²) in [5.74, 6) is 0.173. The number of ketones is 1. The highest BCUT2D eigenvalue weighted by molar-refractivity contribution is 5.95. The van der Waals surface area contributed by atoms with E-state index in [1.54, 1.807) is 12.4 Å². The van der Waals surface area contributed by atoms with Crippen LogP contribution in [0.5, 0.6) is 0 Å². The summed E-state index contributed by atoms with van der Waals surface area (Å²) in [7, 11) is 0. The molecular weight excluding hydrogens is 202 g/mol. The van der Waals surface area contributed by atoms with Crippen LogP contribution in [0.4, 0.5) is 0 Å². The molecule has 0 aliphatic carbocycles. The van der Waals surface area contributed by atoms with Crippen LogP contribution in [-0.4, -0.2) is 23.5 Å². The third-order valence-electron chi connectivity index (χ3n) is 2.91. The molecule has 86 valence electrons. The Labute approximate surface area is 95.8 Å². The Kier molecular flexibility index (Phi) is 3.67. The van der Waals surface area contributed by atoms with Crippen LogP contribution < -0.4 is 0 Å². The highest BCUT2D eigenvalue weighted by atomic mass is 16.5. The predicted molar refractivity (Wildman–Crippen MR) is 61.5 cm³/mol. The monoisotopic (exact) mass is 219 g/mol. The molecule has 3 nitrogen and oxygen atoms in total. The van der Waals surface area contributed by atoms with E-state index in [-0.39, 0.29) is 5.78 Å². The number of Topliss-reactive ketones (excluding diaryl/α,β-unsaturated/α-hetero) is 1. The number of carbonyl (C=O) groups excluding carboxylic acids is 1. The van der Waals surface area contributed by atoms with Gasteiger partial charge in [-0.1, -0.05) is 0 Å². The second-order valence-corrected chi connectivity index (χ2v) is 4.35. The average Bonchev–Trinajstić information content (AvgIpc) is 2.78. The normalized spacial score (nSPS) is 19.9. The lowest BCUT2D eigenvalue weighted by molar-refractivity contribution is 0.0859. The maximum Gasteiger partial charge on any atom is 0.164 e. The fourth-order valence-corrected chi connectivity index (χ4v) is 2.02. The number of aromatic nitrogens is 1. The number of aryl methyl sites for hydroxylation is 1. The topological polar surface area (TPSA) is 39.2 Å². The van der Waals surface area contributed by atoms with E-state index in [0.29, 0.717) is 12.5 Å². The van der Waals surface area contributed by atoms with E-state index in [2.05, 4.69) is 4.98 Å². The molecule has 0 amide bonds. The SMILES string of the molecule is Cc1cncc(C(=O)CCC2CCCO2)c1. The van der Waals surface area contributed by atoms with Gasteiger partial charge >= 0.3 is 0 Å². The zero-order valence-corrected chi connectivity index (χ0v) is 9.61. The number of carbonyl (C=O) groups is 1. The molecule has 0 aromatic carbocycles. The lowest BCUT2D eigenvalue weighted by Crippen LogP contribution is -2.09. The van der Waals surface area contributed by atoms with Gasteiger partial charge in [0.1, 0.15) is 0 Å². The molecule has 3 heteroatoms. The van der Waals surface area contributed by atoms with E-state index in [1.165, 1.54) is 0 Å². The molecule has 1 atom stereocenters. The van der Waals surface area contributed by atoms with Gasteiger partial charge in [-0.2, -0.15) is 0 Å². The minimum atomic E-state index is 0.173. The highest BCUT2D eigenvalue weighted by Gasteiger charge is 2.17. The average molecular weight is 219 g/mol. The zero-order valence-electron chi connectivity index (χ0n) is 9.61. The lowest BCUT2D eigenvalue weighted by atomic mass is 10.0. The molecule has 1 fully saturated rings. The van der Waals surface area contributed by atoms with Crippen LogP contribution in [-0.2, 0) is 4.74 Å². The van der Waals surface area contributed by atoms with E-state index >= 15 is 0 Å². The molecule has 1 aromatic heterocycles. The summed E-state index contributed by atoms with van der Waals surface area (Å²) in [4.78, 5) is 15.9. The number of pyridine rings is 1. The summed E-state index contributed by atoms with van der Waals surface area (Å²) in [6.45, 7) is 2.80. The Morgan fingerprint density at radius 3 is 3.12 bits per heavy atom. The zero-order chi connectivity index (χ0) is 11.4. The van der Waals surface area contributed by atoms with Crippen LogP contribution in [0.15, 0.2) is 18.5 Å². The summed E-state index contributed by atoms with van der Waals surface area (Å²) in [5, 5.41) is 0. The molecule has 1 aromatic rings. The van der Waals surface area contributed by atoms with Crippen molar-refractivity contribution in [2.24, 2.45) is 0 Å². The van der Waals surface area contributed by atoms with E-state index in [9.17, 15) is 4.79 Å². The predicted octanol–water partition coefficient (Wildman–Crippen LogP) is 2.53. The van der Waals surface area contributed by atoms with Crippen molar-refractivity contribution in [3.8, 4) is 0 Å². The first-order chi connectivity index (χ1) is 7.75. The summed E-state index contributed by atoms with van der Waals surface area (Å²) < 4.78 is 5.50. The van der Waals surface area contributed by atoms with Crippen molar-refractivity contribution in [2.45, 2.75) is 38.7 Å². The molecule has 0 bridgehead atoms. The van der Waals surface area contributed by atoms with Crippen LogP contribution in [0, 0.1) is 6.92 Å². The van der Waals surface area contributed by atoms with Gasteiger partial charge in [-0.3, -0.25) is 9.78 Å². The Morgan fingerprint density at radius 2 is 2.44 bits per heavy atom. The largest absolute Gasteiger partial charge is 0.378 e. The minimum absolute atomic E-state index is 0.173. The van der Waals surface area contributed by atoms with Gasteiger partial charge in [-0.25, -0.2) is 0 Å². The molecular formula is C13H17NO2. The van der Waals surface area contributed by atoms with Crippen LogP contribution in [0.2, 0.25) is 0 Å². The molecule has 1 aliphatic rings. The van der Waals surface area contributed by atoms with E-state index in [4.69, 9.17) is 4.74 Å². The van der Waals surface area contributed by atoms with Gasteiger partial charge < -0.3 is 4.74 Å². The second kappa shape index (κ2) is 5.21. The number of rotatable bonds is 4. The van der Waals surface area contributed by atoms with E-state index in [0.717, 1.165) is 37.0 Å². The maximum atomic E-state index is 11.9. The Hall–Kier alpha value is -1.22. The molecule has 1 aliphatic heterocycles. The van der Waals surface area contributed by atoms with Gasteiger partial charge in [0.15, 0.2) is 5.78 Å². The quantitative estimate of drug-likeness (QED) is 0.730. The van der Waals surface area contributed by atoms with Gasteiger partial charge in [0.05, 0.1) is 6.10 Å². The van der Waals surface area contributed by atoms with Gasteiger partial charge in [0, 0.05) is 31.0 Å². The van der Waals surface area contributed by atoms with Crippen LogP contribution in [0.1, 0.15) is 41.6 Å². The van der Waals surface area contributed by atoms with Crippen molar-refractivity contribution in [2.75, 3.05) is 6.61 Å². The molecule has 0 radical (unpaired) electrons. The van der Waals surface area contributed by atoms with Gasteiger partial charge in [0.25, 0.3) is 0 Å². The molecule has 0 saturated carbocycles. The third-order valence-corrected chi connectivity index (χ3v) is 2.91. The van der Waals surface area contributed by atoms with Crippen molar-refractivity contribution >= 4 is 5.78 Å². The molecule has 0 spiro atoms. The second-order valence-electron chi connectivity index (χ2n) is 4.35. The molecule has 2 rings (SSSR count). The number of ether oxygens (including phenoxy) is 1. The first kappa shape index (κ1) is 11.3. The minimum Gasteiger partial charge on any atom is -0.378 e. The van der Waals surface area contributed by atoms with E-state index in [1.807, 2.05) is 13.0 Å². The molecule has 0 N–H and O–H groups in total. The number of hydrogen-bond acceptors (Lipinski definition) is 3. The van der Waals surface area contributed by atoms with Crippen molar-refractivity contribution in [3.63, 3.8) is 0 Å². The highest BCUT2D eigenvalue weighted by Crippen LogP contribution is 2.18. The van der Waals surface area contributed by atoms with Crippen LogP contribution in [0.25, 0.3) is 0 Å². The summed E-state index contributed by atoms with van der Waals surface area (Å²) in [6.07, 6.45) is 7.33. The molecule has 1 saturated heterocycles. The summed E-state index contributed by atoms with van der Waals surface area (Å²) in [5.41, 5.74) is 1.75. The molecule has 2 heterocycles.